The first-order chi connectivity index (χ1) is 8.00. The van der Waals surface area contributed by atoms with E-state index in [1.54, 1.807) is 18.2 Å². The zero-order chi connectivity index (χ0) is 12.8. The Bertz CT molecular complexity index is 466. The van der Waals surface area contributed by atoms with Gasteiger partial charge in [-0.2, -0.15) is 0 Å². The first-order valence-corrected chi connectivity index (χ1v) is 5.70. The van der Waals surface area contributed by atoms with Crippen molar-refractivity contribution in [2.24, 2.45) is 0 Å². The highest BCUT2D eigenvalue weighted by Gasteiger charge is 2.06. The van der Waals surface area contributed by atoms with Gasteiger partial charge in [0.2, 0.25) is 0 Å². The fourth-order valence-electron chi connectivity index (χ4n) is 1.38. The molecular weight excluding hydrogens is 288 g/mol. The number of hydrogen-bond acceptors (Lipinski definition) is 2. The molecule has 4 nitrogen and oxygen atoms in total. The largest absolute Gasteiger partial charge is 0.481 e. The predicted octanol–water partition coefficient (Wildman–Crippen LogP) is 2.56. The van der Waals surface area contributed by atoms with Crippen LogP contribution in [-0.4, -0.2) is 22.2 Å². The van der Waals surface area contributed by atoms with Gasteiger partial charge in [-0.3, -0.25) is 4.79 Å². The molecule has 90 valence electrons. The number of halogens is 1. The lowest BCUT2D eigenvalue weighted by Gasteiger charge is -2.06. The average molecular weight is 299 g/mol. The van der Waals surface area contributed by atoms with Gasteiger partial charge >= 0.3 is 11.9 Å². The van der Waals surface area contributed by atoms with E-state index in [4.69, 9.17) is 10.2 Å². The molecule has 0 amide bonds. The summed E-state index contributed by atoms with van der Waals surface area (Å²) in [6.07, 6.45) is 2.88. The SMILES string of the molecule is O=C(O)/C=C/c1c(Br)cccc1CCC(=O)O. The molecule has 0 spiro atoms. The normalized spacial score (nSPS) is 10.6. The summed E-state index contributed by atoms with van der Waals surface area (Å²) in [5.74, 6) is -1.91. The van der Waals surface area contributed by atoms with Gasteiger partial charge in [0.1, 0.15) is 0 Å². The average Bonchev–Trinajstić information content (AvgIpc) is 2.24. The third kappa shape index (κ3) is 4.40. The molecule has 1 aromatic rings. The number of hydrogen-bond donors (Lipinski definition) is 2. The molecule has 1 rings (SSSR count). The lowest BCUT2D eigenvalue weighted by Crippen LogP contribution is -1.99. The van der Waals surface area contributed by atoms with E-state index in [2.05, 4.69) is 15.9 Å². The number of aliphatic carboxylic acids is 2. The van der Waals surface area contributed by atoms with Crippen LogP contribution in [0.3, 0.4) is 0 Å². The van der Waals surface area contributed by atoms with Crippen LogP contribution in [0.25, 0.3) is 6.08 Å². The van der Waals surface area contributed by atoms with Gasteiger partial charge in [0.25, 0.3) is 0 Å². The quantitative estimate of drug-likeness (QED) is 0.819. The van der Waals surface area contributed by atoms with Crippen molar-refractivity contribution in [2.75, 3.05) is 0 Å². The summed E-state index contributed by atoms with van der Waals surface area (Å²) in [5.41, 5.74) is 1.51. The summed E-state index contributed by atoms with van der Waals surface area (Å²) in [4.78, 5) is 21.0. The molecule has 0 aliphatic carbocycles. The van der Waals surface area contributed by atoms with Crippen molar-refractivity contribution in [1.82, 2.24) is 0 Å². The molecule has 1 aromatic carbocycles. The van der Waals surface area contributed by atoms with Crippen molar-refractivity contribution in [3.05, 3.63) is 39.9 Å². The van der Waals surface area contributed by atoms with Gasteiger partial charge in [-0.05, 0) is 29.7 Å². The Kier molecular flexibility index (Phi) is 4.90. The molecule has 0 saturated heterocycles. The van der Waals surface area contributed by atoms with Crippen LogP contribution in [0.2, 0.25) is 0 Å². The van der Waals surface area contributed by atoms with E-state index < -0.39 is 11.9 Å². The fraction of sp³-hybridized carbons (Fsp3) is 0.167. The monoisotopic (exact) mass is 298 g/mol. The maximum atomic E-state index is 10.5. The molecule has 0 saturated carbocycles. The molecule has 0 fully saturated rings. The lowest BCUT2D eigenvalue weighted by molar-refractivity contribution is -0.137. The molecule has 5 heteroatoms. The summed E-state index contributed by atoms with van der Waals surface area (Å²) < 4.78 is 0.748. The highest BCUT2D eigenvalue weighted by molar-refractivity contribution is 9.10. The number of benzene rings is 1. The van der Waals surface area contributed by atoms with Crippen LogP contribution in [0.15, 0.2) is 28.7 Å². The smallest absolute Gasteiger partial charge is 0.328 e. The Balaban J connectivity index is 2.99. The number of rotatable bonds is 5. The molecule has 0 radical (unpaired) electrons. The van der Waals surface area contributed by atoms with Gasteiger partial charge in [-0.15, -0.1) is 0 Å². The van der Waals surface area contributed by atoms with E-state index in [0.29, 0.717) is 12.0 Å². The zero-order valence-corrected chi connectivity index (χ0v) is 10.5. The number of aryl methyl sites for hydroxylation is 1. The molecule has 17 heavy (non-hydrogen) atoms. The second-order valence-electron chi connectivity index (χ2n) is 3.38. The number of carboxylic acids is 2. The minimum atomic E-state index is -1.04. The summed E-state index contributed by atoms with van der Waals surface area (Å²) in [5, 5.41) is 17.2. The molecule has 0 aliphatic rings. The van der Waals surface area contributed by atoms with Crippen molar-refractivity contribution in [3.8, 4) is 0 Å². The number of carbonyl (C=O) groups is 2. The predicted molar refractivity (Wildman–Crippen MR) is 66.8 cm³/mol. The maximum absolute atomic E-state index is 10.5. The minimum Gasteiger partial charge on any atom is -0.481 e. The van der Waals surface area contributed by atoms with Crippen LogP contribution >= 0.6 is 15.9 Å². The van der Waals surface area contributed by atoms with E-state index >= 15 is 0 Å². The van der Waals surface area contributed by atoms with Crippen molar-refractivity contribution >= 4 is 33.9 Å². The van der Waals surface area contributed by atoms with Gasteiger partial charge in [0.15, 0.2) is 0 Å². The van der Waals surface area contributed by atoms with Gasteiger partial charge in [0.05, 0.1) is 0 Å². The Morgan fingerprint density at radius 3 is 2.59 bits per heavy atom. The summed E-state index contributed by atoms with van der Waals surface area (Å²) in [6, 6.07) is 5.36. The van der Waals surface area contributed by atoms with Crippen molar-refractivity contribution in [3.63, 3.8) is 0 Å². The van der Waals surface area contributed by atoms with Gasteiger partial charge < -0.3 is 10.2 Å². The highest BCUT2D eigenvalue weighted by atomic mass is 79.9. The topological polar surface area (TPSA) is 74.6 Å². The van der Waals surface area contributed by atoms with Crippen LogP contribution in [0, 0.1) is 0 Å². The highest BCUT2D eigenvalue weighted by Crippen LogP contribution is 2.23. The second kappa shape index (κ2) is 6.20. The van der Waals surface area contributed by atoms with Crippen LogP contribution in [0.4, 0.5) is 0 Å². The standard InChI is InChI=1S/C12H11BrO4/c13-10-3-1-2-8(4-6-11(14)15)9(10)5-7-12(16)17/h1-3,5,7H,4,6H2,(H,14,15)(H,16,17)/b7-5+. The molecule has 0 bridgehead atoms. The van der Waals surface area contributed by atoms with Crippen LogP contribution in [-0.2, 0) is 16.0 Å². The molecule has 0 unspecified atom stereocenters. The second-order valence-corrected chi connectivity index (χ2v) is 4.23. The van der Waals surface area contributed by atoms with Crippen LogP contribution < -0.4 is 0 Å². The van der Waals surface area contributed by atoms with Gasteiger partial charge in [0, 0.05) is 17.0 Å². The molecule has 0 aliphatic heterocycles. The summed E-state index contributed by atoms with van der Waals surface area (Å²) in [7, 11) is 0. The fourth-order valence-corrected chi connectivity index (χ4v) is 1.92. The first-order valence-electron chi connectivity index (χ1n) is 4.91. The zero-order valence-electron chi connectivity index (χ0n) is 8.89. The van der Waals surface area contributed by atoms with E-state index in [1.165, 1.54) is 6.08 Å². The van der Waals surface area contributed by atoms with Crippen LogP contribution in [0.1, 0.15) is 17.5 Å². The Hall–Kier alpha value is -1.62. The maximum Gasteiger partial charge on any atom is 0.328 e. The molecule has 2 N–H and O–H groups in total. The van der Waals surface area contributed by atoms with E-state index in [1.807, 2.05) is 0 Å². The third-order valence-corrected chi connectivity index (χ3v) is 2.84. The summed E-state index contributed by atoms with van der Waals surface area (Å²) in [6.45, 7) is 0. The molecule has 0 atom stereocenters. The lowest BCUT2D eigenvalue weighted by atomic mass is 10.0. The Morgan fingerprint density at radius 1 is 1.29 bits per heavy atom. The van der Waals surface area contributed by atoms with Gasteiger partial charge in [-0.25, -0.2) is 4.79 Å². The summed E-state index contributed by atoms with van der Waals surface area (Å²) >= 11 is 3.31. The Morgan fingerprint density at radius 2 is 2.00 bits per heavy atom. The van der Waals surface area contributed by atoms with Crippen molar-refractivity contribution in [1.29, 1.82) is 0 Å². The van der Waals surface area contributed by atoms with Crippen LogP contribution in [0.5, 0.6) is 0 Å². The van der Waals surface area contributed by atoms with E-state index in [9.17, 15) is 9.59 Å². The van der Waals surface area contributed by atoms with E-state index in [0.717, 1.165) is 16.1 Å². The third-order valence-electron chi connectivity index (χ3n) is 2.14. The molecule has 0 aromatic heterocycles. The molecular formula is C12H11BrO4. The van der Waals surface area contributed by atoms with E-state index in [-0.39, 0.29) is 6.42 Å². The molecule has 0 heterocycles. The Labute approximate surface area is 107 Å². The first kappa shape index (κ1) is 13.4. The van der Waals surface area contributed by atoms with Crippen molar-refractivity contribution in [2.45, 2.75) is 12.8 Å². The number of carboxylic acid groups (broad SMARTS) is 2. The minimum absolute atomic E-state index is 0.0182. The van der Waals surface area contributed by atoms with Crippen molar-refractivity contribution < 1.29 is 19.8 Å². The van der Waals surface area contributed by atoms with Gasteiger partial charge in [-0.1, -0.05) is 28.1 Å².